The molecule has 0 radical (unpaired) electrons. The van der Waals surface area contributed by atoms with Gasteiger partial charge >= 0.3 is 0 Å². The van der Waals surface area contributed by atoms with Crippen molar-refractivity contribution in [2.75, 3.05) is 25.1 Å². The second-order valence-corrected chi connectivity index (χ2v) is 12.2. The average molecular weight is 596 g/mol. The molecule has 0 aromatic heterocycles. The fourth-order valence-electron chi connectivity index (χ4n) is 4.40. The number of nitrogens with one attached hydrogen (secondary N) is 1. The van der Waals surface area contributed by atoms with Crippen LogP contribution < -0.4 is 19.1 Å². The Morgan fingerprint density at radius 3 is 2.14 bits per heavy atom. The van der Waals surface area contributed by atoms with Crippen molar-refractivity contribution in [1.29, 1.82) is 0 Å². The van der Waals surface area contributed by atoms with Gasteiger partial charge in [-0.25, -0.2) is 8.42 Å². The van der Waals surface area contributed by atoms with Gasteiger partial charge in [0.2, 0.25) is 11.8 Å². The van der Waals surface area contributed by atoms with Gasteiger partial charge in [0, 0.05) is 18.7 Å². The summed E-state index contributed by atoms with van der Waals surface area (Å²) >= 11 is 0. The van der Waals surface area contributed by atoms with E-state index in [-0.39, 0.29) is 29.1 Å². The van der Waals surface area contributed by atoms with Crippen LogP contribution in [0.25, 0.3) is 0 Å². The molecule has 0 fully saturated rings. The molecule has 10 heteroatoms. The molecule has 0 aliphatic heterocycles. The number of carbonyl (C=O) groups is 2. The predicted molar refractivity (Wildman–Crippen MR) is 164 cm³/mol. The van der Waals surface area contributed by atoms with Gasteiger partial charge in [-0.15, -0.1) is 0 Å². The van der Waals surface area contributed by atoms with Gasteiger partial charge in [-0.3, -0.25) is 13.9 Å². The molecule has 2 amide bonds. The number of hydrogen-bond donors (Lipinski definition) is 1. The maximum absolute atomic E-state index is 14.1. The molecule has 0 saturated heterocycles. The number of anilines is 1. The van der Waals surface area contributed by atoms with Gasteiger partial charge in [-0.05, 0) is 63.9 Å². The minimum atomic E-state index is -4.25. The van der Waals surface area contributed by atoms with E-state index in [9.17, 15) is 18.0 Å². The summed E-state index contributed by atoms with van der Waals surface area (Å²) in [6, 6.07) is 17.9. The van der Waals surface area contributed by atoms with Crippen LogP contribution in [0, 0.1) is 13.8 Å². The van der Waals surface area contributed by atoms with Crippen molar-refractivity contribution in [1.82, 2.24) is 10.2 Å². The van der Waals surface area contributed by atoms with E-state index < -0.39 is 28.5 Å². The van der Waals surface area contributed by atoms with Gasteiger partial charge in [0.05, 0.1) is 24.8 Å². The lowest BCUT2D eigenvalue weighted by molar-refractivity contribution is -0.139. The van der Waals surface area contributed by atoms with Crippen LogP contribution in [0.4, 0.5) is 5.69 Å². The average Bonchev–Trinajstić information content (AvgIpc) is 2.98. The summed E-state index contributed by atoms with van der Waals surface area (Å²) in [5.74, 6) is -0.215. The minimum absolute atomic E-state index is 0.0682. The normalized spacial score (nSPS) is 12.6. The number of aryl methyl sites for hydroxylation is 2. The third-order valence-electron chi connectivity index (χ3n) is 7.15. The molecule has 226 valence electrons. The third kappa shape index (κ3) is 7.82. The maximum atomic E-state index is 14.1. The lowest BCUT2D eigenvalue weighted by atomic mass is 10.1. The Bertz CT molecular complexity index is 1490. The number of hydrogen-bond acceptors (Lipinski definition) is 6. The summed E-state index contributed by atoms with van der Waals surface area (Å²) in [4.78, 5) is 28.6. The third-order valence-corrected chi connectivity index (χ3v) is 8.92. The molecule has 3 rings (SSSR count). The molecular formula is C32H41N3O6S. The number of ether oxygens (including phenoxy) is 2. The number of methoxy groups -OCH3 is 2. The van der Waals surface area contributed by atoms with E-state index in [0.717, 1.165) is 27.4 Å². The van der Waals surface area contributed by atoms with Crippen molar-refractivity contribution in [3.8, 4) is 11.5 Å². The molecule has 1 N–H and O–H groups in total. The quantitative estimate of drug-likeness (QED) is 0.303. The zero-order chi connectivity index (χ0) is 31.0. The standard InChI is InChI=1S/C32H41N3O6S/c1-8-24(4)33-32(37)25(5)34(20-26-11-9-10-23(3)18-26)31(36)21-35(27-14-12-22(2)13-15-27)42(38,39)28-16-17-29(40-6)30(19-28)41-7/h9-19,24-25H,8,20-21H2,1-7H3,(H,33,37). The van der Waals surface area contributed by atoms with Crippen molar-refractivity contribution in [2.24, 2.45) is 0 Å². The first-order chi connectivity index (χ1) is 19.9. The smallest absolute Gasteiger partial charge is 0.264 e. The minimum Gasteiger partial charge on any atom is -0.493 e. The van der Waals surface area contributed by atoms with Crippen LogP contribution in [0.3, 0.4) is 0 Å². The molecule has 0 saturated carbocycles. The highest BCUT2D eigenvalue weighted by atomic mass is 32.2. The Morgan fingerprint density at radius 2 is 1.55 bits per heavy atom. The summed E-state index contributed by atoms with van der Waals surface area (Å²) in [6.07, 6.45) is 0.731. The number of benzene rings is 3. The summed E-state index contributed by atoms with van der Waals surface area (Å²) in [7, 11) is -1.37. The lowest BCUT2D eigenvalue weighted by Crippen LogP contribution is -2.52. The summed E-state index contributed by atoms with van der Waals surface area (Å²) in [5.41, 5.74) is 3.09. The molecule has 2 atom stereocenters. The molecule has 9 nitrogen and oxygen atoms in total. The first-order valence-corrected chi connectivity index (χ1v) is 15.3. The highest BCUT2D eigenvalue weighted by Crippen LogP contribution is 2.32. The van der Waals surface area contributed by atoms with E-state index in [1.165, 1.54) is 37.3 Å². The van der Waals surface area contributed by atoms with Gasteiger partial charge in [0.1, 0.15) is 12.6 Å². The van der Waals surface area contributed by atoms with E-state index in [1.807, 2.05) is 52.0 Å². The predicted octanol–water partition coefficient (Wildman–Crippen LogP) is 4.85. The maximum Gasteiger partial charge on any atom is 0.264 e. The largest absolute Gasteiger partial charge is 0.493 e. The second kappa shape index (κ2) is 14.2. The molecule has 0 aliphatic rings. The van der Waals surface area contributed by atoms with Crippen LogP contribution in [0.5, 0.6) is 11.5 Å². The van der Waals surface area contributed by atoms with Crippen LogP contribution in [-0.4, -0.2) is 58.0 Å². The molecule has 0 aliphatic carbocycles. The molecule has 0 bridgehead atoms. The Balaban J connectivity index is 2.06. The van der Waals surface area contributed by atoms with Gasteiger partial charge in [-0.2, -0.15) is 0 Å². The molecule has 3 aromatic rings. The topological polar surface area (TPSA) is 105 Å². The first-order valence-electron chi connectivity index (χ1n) is 13.9. The van der Waals surface area contributed by atoms with Crippen LogP contribution in [0.2, 0.25) is 0 Å². The number of rotatable bonds is 13. The summed E-state index contributed by atoms with van der Waals surface area (Å²) in [6.45, 7) is 8.97. The lowest BCUT2D eigenvalue weighted by Gasteiger charge is -2.32. The Morgan fingerprint density at radius 1 is 0.881 bits per heavy atom. The molecule has 42 heavy (non-hydrogen) atoms. The zero-order valence-electron chi connectivity index (χ0n) is 25.4. The molecule has 3 aromatic carbocycles. The summed E-state index contributed by atoms with van der Waals surface area (Å²) in [5, 5.41) is 2.94. The molecule has 0 spiro atoms. The fourth-order valence-corrected chi connectivity index (χ4v) is 5.83. The van der Waals surface area contributed by atoms with Gasteiger partial charge < -0.3 is 19.7 Å². The van der Waals surface area contributed by atoms with E-state index in [0.29, 0.717) is 11.4 Å². The number of amides is 2. The van der Waals surface area contributed by atoms with Gasteiger partial charge in [-0.1, -0.05) is 54.4 Å². The van der Waals surface area contributed by atoms with Crippen LogP contribution >= 0.6 is 0 Å². The Labute approximate surface area is 249 Å². The van der Waals surface area contributed by atoms with Gasteiger partial charge in [0.25, 0.3) is 10.0 Å². The van der Waals surface area contributed by atoms with Crippen LogP contribution in [0.15, 0.2) is 71.6 Å². The highest BCUT2D eigenvalue weighted by molar-refractivity contribution is 7.92. The van der Waals surface area contributed by atoms with Crippen molar-refractivity contribution in [3.05, 3.63) is 83.4 Å². The molecule has 2 unspecified atom stereocenters. The highest BCUT2D eigenvalue weighted by Gasteiger charge is 2.33. The van der Waals surface area contributed by atoms with Crippen molar-refractivity contribution < 1.29 is 27.5 Å². The second-order valence-electron chi connectivity index (χ2n) is 10.4. The Kier molecular flexibility index (Phi) is 11.0. The van der Waals surface area contributed by atoms with Crippen LogP contribution in [-0.2, 0) is 26.2 Å². The van der Waals surface area contributed by atoms with E-state index >= 15 is 0 Å². The van der Waals surface area contributed by atoms with E-state index in [4.69, 9.17) is 9.47 Å². The van der Waals surface area contributed by atoms with Crippen molar-refractivity contribution >= 4 is 27.5 Å². The number of sulfonamides is 1. The number of nitrogens with zero attached hydrogens (tertiary/aromatic N) is 2. The van der Waals surface area contributed by atoms with E-state index in [1.54, 1.807) is 31.2 Å². The first kappa shape index (κ1) is 32.5. The van der Waals surface area contributed by atoms with Crippen LogP contribution in [0.1, 0.15) is 43.9 Å². The van der Waals surface area contributed by atoms with Gasteiger partial charge in [0.15, 0.2) is 11.5 Å². The summed E-state index contributed by atoms with van der Waals surface area (Å²) < 4.78 is 39.9. The number of carbonyl (C=O) groups excluding carboxylic acids is 2. The SMILES string of the molecule is CCC(C)NC(=O)C(C)N(Cc1cccc(C)c1)C(=O)CN(c1ccc(C)cc1)S(=O)(=O)c1ccc(OC)c(OC)c1. The van der Waals surface area contributed by atoms with Crippen molar-refractivity contribution in [3.63, 3.8) is 0 Å². The fraction of sp³-hybridized carbons (Fsp3) is 0.375. The monoisotopic (exact) mass is 595 g/mol. The van der Waals surface area contributed by atoms with E-state index in [2.05, 4.69) is 5.32 Å². The zero-order valence-corrected chi connectivity index (χ0v) is 26.2. The molecule has 0 heterocycles. The Hall–Kier alpha value is -4.05. The van der Waals surface area contributed by atoms with Crippen molar-refractivity contribution in [2.45, 2.75) is 64.6 Å². The molecular weight excluding hydrogens is 554 g/mol.